The molecule has 6 nitrogen and oxygen atoms in total. The van der Waals surface area contributed by atoms with E-state index in [9.17, 15) is 9.59 Å². The van der Waals surface area contributed by atoms with Gasteiger partial charge in [0.05, 0.1) is 11.4 Å². The molecule has 0 bridgehead atoms. The van der Waals surface area contributed by atoms with Crippen LogP contribution in [0.5, 0.6) is 0 Å². The summed E-state index contributed by atoms with van der Waals surface area (Å²) in [5.41, 5.74) is 3.19. The van der Waals surface area contributed by atoms with E-state index in [0.29, 0.717) is 17.9 Å². The number of anilines is 1. The maximum atomic E-state index is 12.9. The van der Waals surface area contributed by atoms with Crippen molar-refractivity contribution in [1.82, 2.24) is 14.7 Å². The summed E-state index contributed by atoms with van der Waals surface area (Å²) in [7, 11) is 0. The molecule has 168 valence electrons. The Kier molecular flexibility index (Phi) is 7.19. The van der Waals surface area contributed by atoms with Gasteiger partial charge in [0.15, 0.2) is 0 Å². The second-order valence-electron chi connectivity index (χ2n) is 8.79. The lowest BCUT2D eigenvalue weighted by atomic mass is 9.92. The fraction of sp³-hybridized carbons (Fsp3) is 0.320. The smallest absolute Gasteiger partial charge is 0.254 e. The number of hydrogen-bond acceptors (Lipinski definition) is 3. The van der Waals surface area contributed by atoms with E-state index < -0.39 is 0 Å². The van der Waals surface area contributed by atoms with E-state index in [1.54, 1.807) is 22.9 Å². The van der Waals surface area contributed by atoms with Crippen molar-refractivity contribution < 1.29 is 9.59 Å². The van der Waals surface area contributed by atoms with Gasteiger partial charge in [-0.15, -0.1) is 0 Å². The maximum absolute atomic E-state index is 12.9. The predicted molar refractivity (Wildman–Crippen MR) is 131 cm³/mol. The van der Waals surface area contributed by atoms with Crippen molar-refractivity contribution in [1.29, 1.82) is 0 Å². The monoisotopic (exact) mass is 496 g/mol. The standard InChI is InChI=1S/C25H29BrN4O2/c1-6-29(24(32)18-10-8-11-19(26)14-18)16-23(31)27-22-15-21(25(3,4)5)28-30(22)20-12-7-9-17(2)13-20/h7-15H,6,16H2,1-5H3,(H,27,31). The van der Waals surface area contributed by atoms with E-state index in [2.05, 4.69) is 42.0 Å². The molecule has 0 aliphatic heterocycles. The number of likely N-dealkylation sites (N-methyl/N-ethyl adjacent to an activating group) is 1. The fourth-order valence-electron chi connectivity index (χ4n) is 3.28. The Labute approximate surface area is 197 Å². The number of nitrogens with zero attached hydrogens (tertiary/aromatic N) is 3. The summed E-state index contributed by atoms with van der Waals surface area (Å²) in [5.74, 6) is 0.118. The number of rotatable bonds is 6. The van der Waals surface area contributed by atoms with E-state index >= 15 is 0 Å². The van der Waals surface area contributed by atoms with Crippen molar-refractivity contribution in [3.63, 3.8) is 0 Å². The fourth-order valence-corrected chi connectivity index (χ4v) is 3.68. The summed E-state index contributed by atoms with van der Waals surface area (Å²) in [4.78, 5) is 27.3. The summed E-state index contributed by atoms with van der Waals surface area (Å²) in [6.07, 6.45) is 0. The Balaban J connectivity index is 1.84. The SMILES string of the molecule is CCN(CC(=O)Nc1cc(C(C)(C)C)nn1-c1cccc(C)c1)C(=O)c1cccc(Br)c1. The number of halogens is 1. The average Bonchev–Trinajstić information content (AvgIpc) is 3.15. The molecule has 3 rings (SSSR count). The predicted octanol–water partition coefficient (Wildman–Crippen LogP) is 5.34. The molecule has 1 aromatic heterocycles. The molecule has 0 saturated carbocycles. The van der Waals surface area contributed by atoms with Crippen LogP contribution >= 0.6 is 15.9 Å². The molecule has 32 heavy (non-hydrogen) atoms. The van der Waals surface area contributed by atoms with Gasteiger partial charge >= 0.3 is 0 Å². The number of carbonyl (C=O) groups excluding carboxylic acids is 2. The molecule has 0 atom stereocenters. The molecular formula is C25H29BrN4O2. The Hall–Kier alpha value is -2.93. The number of benzene rings is 2. The van der Waals surface area contributed by atoms with Crippen LogP contribution in [0.3, 0.4) is 0 Å². The molecule has 3 aromatic rings. The number of aryl methyl sites for hydroxylation is 1. The van der Waals surface area contributed by atoms with Gasteiger partial charge in [0.2, 0.25) is 5.91 Å². The summed E-state index contributed by atoms with van der Waals surface area (Å²) in [5, 5.41) is 7.72. The van der Waals surface area contributed by atoms with Crippen molar-refractivity contribution in [3.05, 3.63) is 75.9 Å². The van der Waals surface area contributed by atoms with Crippen molar-refractivity contribution in [2.24, 2.45) is 0 Å². The lowest BCUT2D eigenvalue weighted by molar-refractivity contribution is -0.116. The van der Waals surface area contributed by atoms with Gasteiger partial charge in [0, 0.05) is 28.1 Å². The third-order valence-electron chi connectivity index (χ3n) is 5.07. The molecule has 2 aromatic carbocycles. The number of nitrogens with one attached hydrogen (secondary N) is 1. The van der Waals surface area contributed by atoms with Crippen molar-refractivity contribution in [3.8, 4) is 5.69 Å². The van der Waals surface area contributed by atoms with E-state index in [1.807, 2.05) is 50.2 Å². The molecule has 1 heterocycles. The molecule has 0 radical (unpaired) electrons. The minimum Gasteiger partial charge on any atom is -0.330 e. The zero-order valence-electron chi connectivity index (χ0n) is 19.1. The normalized spacial score (nSPS) is 11.3. The molecule has 2 amide bonds. The summed E-state index contributed by atoms with van der Waals surface area (Å²) in [6, 6.07) is 17.0. The molecule has 0 spiro atoms. The molecule has 0 saturated heterocycles. The van der Waals surface area contributed by atoms with Crippen molar-refractivity contribution in [2.75, 3.05) is 18.4 Å². The maximum Gasteiger partial charge on any atom is 0.254 e. The van der Waals surface area contributed by atoms with E-state index in [0.717, 1.165) is 21.4 Å². The van der Waals surface area contributed by atoms with Crippen LogP contribution in [0.2, 0.25) is 0 Å². The zero-order chi connectivity index (χ0) is 23.5. The van der Waals surface area contributed by atoms with Crippen LogP contribution in [0.1, 0.15) is 49.3 Å². The van der Waals surface area contributed by atoms with Crippen LogP contribution in [0.25, 0.3) is 5.69 Å². The minimum atomic E-state index is -0.274. The molecule has 0 unspecified atom stereocenters. The second-order valence-corrected chi connectivity index (χ2v) is 9.71. The zero-order valence-corrected chi connectivity index (χ0v) is 20.7. The average molecular weight is 497 g/mol. The first-order chi connectivity index (χ1) is 15.1. The highest BCUT2D eigenvalue weighted by Gasteiger charge is 2.23. The molecule has 0 aliphatic carbocycles. The highest BCUT2D eigenvalue weighted by Crippen LogP contribution is 2.26. The number of aromatic nitrogens is 2. The number of carbonyl (C=O) groups is 2. The van der Waals surface area contributed by atoms with Gasteiger partial charge in [-0.05, 0) is 49.7 Å². The van der Waals surface area contributed by atoms with E-state index in [1.165, 1.54) is 4.90 Å². The quantitative estimate of drug-likeness (QED) is 0.500. The Morgan fingerprint density at radius 2 is 1.81 bits per heavy atom. The van der Waals surface area contributed by atoms with E-state index in [-0.39, 0.29) is 23.8 Å². The third-order valence-corrected chi connectivity index (χ3v) is 5.56. The van der Waals surface area contributed by atoms with Crippen LogP contribution < -0.4 is 5.32 Å². The minimum absolute atomic E-state index is 0.0499. The largest absolute Gasteiger partial charge is 0.330 e. The highest BCUT2D eigenvalue weighted by molar-refractivity contribution is 9.10. The summed E-state index contributed by atoms with van der Waals surface area (Å²) in [6.45, 7) is 10.5. The van der Waals surface area contributed by atoms with Gasteiger partial charge in [-0.2, -0.15) is 5.10 Å². The first-order valence-corrected chi connectivity index (χ1v) is 11.4. The highest BCUT2D eigenvalue weighted by atomic mass is 79.9. The molecular weight excluding hydrogens is 468 g/mol. The van der Waals surface area contributed by atoms with Crippen LogP contribution in [-0.4, -0.2) is 39.6 Å². The van der Waals surface area contributed by atoms with Crippen LogP contribution in [-0.2, 0) is 10.2 Å². The second kappa shape index (κ2) is 9.69. The Morgan fingerprint density at radius 1 is 1.09 bits per heavy atom. The van der Waals surface area contributed by atoms with Gasteiger partial charge in [-0.3, -0.25) is 9.59 Å². The van der Waals surface area contributed by atoms with E-state index in [4.69, 9.17) is 5.10 Å². The molecule has 1 N–H and O–H groups in total. The lowest BCUT2D eigenvalue weighted by Gasteiger charge is -2.20. The summed E-state index contributed by atoms with van der Waals surface area (Å²) >= 11 is 3.39. The van der Waals surface area contributed by atoms with Gasteiger partial charge in [-0.1, -0.05) is 54.9 Å². The topological polar surface area (TPSA) is 67.2 Å². The van der Waals surface area contributed by atoms with Gasteiger partial charge in [0.1, 0.15) is 12.4 Å². The van der Waals surface area contributed by atoms with Gasteiger partial charge < -0.3 is 10.2 Å². The number of hydrogen-bond donors (Lipinski definition) is 1. The van der Waals surface area contributed by atoms with Gasteiger partial charge in [0.25, 0.3) is 5.91 Å². The third kappa shape index (κ3) is 5.65. The van der Waals surface area contributed by atoms with Crippen molar-refractivity contribution >= 4 is 33.6 Å². The molecule has 7 heteroatoms. The van der Waals surface area contributed by atoms with Crippen molar-refractivity contribution in [2.45, 2.75) is 40.0 Å². The first kappa shape index (κ1) is 23.7. The van der Waals surface area contributed by atoms with Crippen LogP contribution in [0.15, 0.2) is 59.1 Å². The molecule has 0 fully saturated rings. The van der Waals surface area contributed by atoms with Gasteiger partial charge in [-0.25, -0.2) is 4.68 Å². The van der Waals surface area contributed by atoms with Crippen LogP contribution in [0, 0.1) is 6.92 Å². The Morgan fingerprint density at radius 3 is 2.44 bits per heavy atom. The Bertz CT molecular complexity index is 1130. The molecule has 0 aliphatic rings. The number of amides is 2. The van der Waals surface area contributed by atoms with Crippen LogP contribution in [0.4, 0.5) is 5.82 Å². The summed E-state index contributed by atoms with van der Waals surface area (Å²) < 4.78 is 2.57. The lowest BCUT2D eigenvalue weighted by Crippen LogP contribution is -2.38. The first-order valence-electron chi connectivity index (χ1n) is 10.6.